The maximum absolute atomic E-state index is 10.9. The molecule has 0 saturated heterocycles. The molecule has 1 unspecified atom stereocenters. The van der Waals surface area contributed by atoms with E-state index in [9.17, 15) is 10.1 Å². The van der Waals surface area contributed by atoms with Crippen LogP contribution in [0.15, 0.2) is 23.1 Å². The van der Waals surface area contributed by atoms with Gasteiger partial charge in [0.2, 0.25) is 0 Å². The average Bonchev–Trinajstić information content (AvgIpc) is 2.35. The molecule has 0 saturated carbocycles. The van der Waals surface area contributed by atoms with Crippen molar-refractivity contribution in [3.8, 4) is 5.75 Å². The molecular weight excluding hydrogens is 286 g/mol. The minimum Gasteiger partial charge on any atom is -0.484 e. The second-order valence-corrected chi connectivity index (χ2v) is 6.03. The predicted octanol–water partition coefficient (Wildman–Crippen LogP) is 4.35. The van der Waals surface area contributed by atoms with Crippen LogP contribution in [0.5, 0.6) is 5.75 Å². The van der Waals surface area contributed by atoms with Crippen molar-refractivity contribution >= 4 is 29.1 Å². The monoisotopic (exact) mass is 303 g/mol. The Kier molecular flexibility index (Phi) is 6.45. The number of hydrogen-bond acceptors (Lipinski definition) is 4. The Bertz CT molecular complexity index is 440. The van der Waals surface area contributed by atoms with Gasteiger partial charge in [-0.2, -0.15) is 0 Å². The quantitative estimate of drug-likeness (QED) is 0.325. The number of benzene rings is 1. The molecular formula is C13H18ClNO3S. The molecule has 0 heterocycles. The van der Waals surface area contributed by atoms with Crippen molar-refractivity contribution in [3.05, 3.63) is 28.3 Å². The van der Waals surface area contributed by atoms with Crippen molar-refractivity contribution in [2.75, 3.05) is 11.6 Å². The van der Waals surface area contributed by atoms with E-state index >= 15 is 0 Å². The highest BCUT2D eigenvalue weighted by atomic mass is 35.5. The molecule has 4 nitrogen and oxygen atoms in total. The fourth-order valence-corrected chi connectivity index (χ4v) is 2.55. The van der Waals surface area contributed by atoms with E-state index in [4.69, 9.17) is 16.3 Å². The van der Waals surface area contributed by atoms with Crippen LogP contribution in [0.25, 0.3) is 0 Å². The van der Waals surface area contributed by atoms with Crippen LogP contribution >= 0.6 is 23.4 Å². The summed E-state index contributed by atoms with van der Waals surface area (Å²) in [5.41, 5.74) is 0.00319. The topological polar surface area (TPSA) is 52.4 Å². The fourth-order valence-electron chi connectivity index (χ4n) is 1.37. The van der Waals surface area contributed by atoms with Crippen LogP contribution in [0.2, 0.25) is 0 Å². The molecule has 0 aliphatic rings. The number of hydrogen-bond donors (Lipinski definition) is 0. The first-order chi connectivity index (χ1) is 8.93. The smallest absolute Gasteiger partial charge is 0.311 e. The van der Waals surface area contributed by atoms with Crippen LogP contribution in [0, 0.1) is 16.0 Å². The summed E-state index contributed by atoms with van der Waals surface area (Å²) in [7, 11) is 0. The second kappa shape index (κ2) is 7.60. The Balaban J connectivity index is 2.88. The number of nitro benzene ring substituents is 1. The number of nitro groups is 1. The van der Waals surface area contributed by atoms with Gasteiger partial charge in [-0.05, 0) is 25.8 Å². The lowest BCUT2D eigenvalue weighted by Crippen LogP contribution is -2.07. The van der Waals surface area contributed by atoms with Crippen molar-refractivity contribution < 1.29 is 9.66 Å². The van der Waals surface area contributed by atoms with Gasteiger partial charge in [0.15, 0.2) is 5.75 Å². The molecule has 1 aromatic rings. The molecule has 19 heavy (non-hydrogen) atoms. The van der Waals surface area contributed by atoms with Crippen LogP contribution in [-0.4, -0.2) is 22.7 Å². The molecule has 0 aliphatic carbocycles. The number of thioether (sulfide) groups is 1. The Labute approximate surface area is 122 Å². The van der Waals surface area contributed by atoms with Gasteiger partial charge < -0.3 is 4.74 Å². The summed E-state index contributed by atoms with van der Waals surface area (Å²) in [5.74, 6) is 2.21. The van der Waals surface area contributed by atoms with Crippen molar-refractivity contribution in [1.29, 1.82) is 0 Å². The molecule has 6 heteroatoms. The molecule has 0 aromatic heterocycles. The van der Waals surface area contributed by atoms with Gasteiger partial charge in [-0.25, -0.2) is 0 Å². The molecule has 1 atom stereocenters. The molecule has 1 rings (SSSR count). The molecule has 0 fully saturated rings. The van der Waals surface area contributed by atoms with E-state index in [1.807, 2.05) is 13.8 Å². The van der Waals surface area contributed by atoms with Gasteiger partial charge in [0.1, 0.15) is 0 Å². The number of nitrogens with zero attached hydrogens (tertiary/aromatic N) is 1. The van der Waals surface area contributed by atoms with Gasteiger partial charge >= 0.3 is 5.69 Å². The Morgan fingerprint density at radius 3 is 2.63 bits per heavy atom. The number of alkyl halides is 1. The first-order valence-electron chi connectivity index (χ1n) is 6.08. The summed E-state index contributed by atoms with van der Waals surface area (Å²) >= 11 is 7.39. The van der Waals surface area contributed by atoms with Gasteiger partial charge in [-0.1, -0.05) is 6.92 Å². The van der Waals surface area contributed by atoms with Gasteiger partial charge in [-0.15, -0.1) is 23.4 Å². The molecule has 0 spiro atoms. The summed E-state index contributed by atoms with van der Waals surface area (Å²) in [4.78, 5) is 11.5. The van der Waals surface area contributed by atoms with E-state index in [2.05, 4.69) is 6.92 Å². The summed E-state index contributed by atoms with van der Waals surface area (Å²) in [6.45, 7) is 5.76. The third-order valence-corrected chi connectivity index (χ3v) is 4.14. The van der Waals surface area contributed by atoms with E-state index in [1.165, 1.54) is 6.07 Å². The summed E-state index contributed by atoms with van der Waals surface area (Å²) in [6, 6.07) is 4.96. The Morgan fingerprint density at radius 2 is 2.11 bits per heavy atom. The minimum atomic E-state index is -0.423. The lowest BCUT2D eigenvalue weighted by Gasteiger charge is -2.12. The van der Waals surface area contributed by atoms with Gasteiger partial charge in [0.25, 0.3) is 0 Å². The highest BCUT2D eigenvalue weighted by Gasteiger charge is 2.17. The van der Waals surface area contributed by atoms with E-state index in [-0.39, 0.29) is 11.8 Å². The third-order valence-electron chi connectivity index (χ3n) is 2.29. The van der Waals surface area contributed by atoms with Gasteiger partial charge in [0.05, 0.1) is 11.0 Å². The first-order valence-corrected chi connectivity index (χ1v) is 7.60. The van der Waals surface area contributed by atoms with Crippen LogP contribution in [0.4, 0.5) is 5.69 Å². The van der Waals surface area contributed by atoms with Crippen molar-refractivity contribution in [2.45, 2.75) is 31.8 Å². The van der Waals surface area contributed by atoms with E-state index < -0.39 is 4.92 Å². The minimum absolute atomic E-state index is 0.00319. The van der Waals surface area contributed by atoms with Gasteiger partial charge in [0, 0.05) is 28.7 Å². The number of ether oxygens (including phenoxy) is 1. The molecule has 0 bridgehead atoms. The number of rotatable bonds is 7. The maximum Gasteiger partial charge on any atom is 0.311 e. The molecule has 0 aliphatic heterocycles. The van der Waals surface area contributed by atoms with Crippen LogP contribution in [-0.2, 0) is 0 Å². The summed E-state index contributed by atoms with van der Waals surface area (Å²) < 4.78 is 5.50. The standard InChI is InChI=1S/C13H18ClNO3S/c1-9(2)18-13-6-11(19-8-10(3)7-14)4-5-12(13)15(16)17/h4-6,9-10H,7-8H2,1-3H3. The predicted molar refractivity (Wildman–Crippen MR) is 79.5 cm³/mol. The van der Waals surface area contributed by atoms with E-state index in [0.29, 0.717) is 17.5 Å². The van der Waals surface area contributed by atoms with Crippen molar-refractivity contribution in [1.82, 2.24) is 0 Å². The van der Waals surface area contributed by atoms with E-state index in [0.717, 1.165) is 10.6 Å². The van der Waals surface area contributed by atoms with Crippen LogP contribution in [0.3, 0.4) is 0 Å². The van der Waals surface area contributed by atoms with Crippen LogP contribution < -0.4 is 4.74 Å². The SMILES string of the molecule is CC(CCl)CSc1ccc([N+](=O)[O-])c(OC(C)C)c1. The van der Waals surface area contributed by atoms with Gasteiger partial charge in [-0.3, -0.25) is 10.1 Å². The highest BCUT2D eigenvalue weighted by Crippen LogP contribution is 2.33. The molecule has 106 valence electrons. The lowest BCUT2D eigenvalue weighted by atomic mass is 10.3. The molecule has 0 N–H and O–H groups in total. The third kappa shape index (κ3) is 5.28. The highest BCUT2D eigenvalue weighted by molar-refractivity contribution is 7.99. The lowest BCUT2D eigenvalue weighted by molar-refractivity contribution is -0.386. The zero-order valence-corrected chi connectivity index (χ0v) is 12.8. The van der Waals surface area contributed by atoms with Crippen LogP contribution in [0.1, 0.15) is 20.8 Å². The fraction of sp³-hybridized carbons (Fsp3) is 0.538. The zero-order valence-electron chi connectivity index (χ0n) is 11.3. The second-order valence-electron chi connectivity index (χ2n) is 4.62. The molecule has 0 amide bonds. The zero-order chi connectivity index (χ0) is 14.4. The van der Waals surface area contributed by atoms with Crippen molar-refractivity contribution in [3.63, 3.8) is 0 Å². The average molecular weight is 304 g/mol. The summed E-state index contributed by atoms with van der Waals surface area (Å²) in [5, 5.41) is 10.9. The maximum atomic E-state index is 10.9. The number of halogens is 1. The Morgan fingerprint density at radius 1 is 1.42 bits per heavy atom. The normalized spacial score (nSPS) is 12.5. The van der Waals surface area contributed by atoms with E-state index in [1.54, 1.807) is 23.9 Å². The first kappa shape index (κ1) is 16.1. The molecule has 0 radical (unpaired) electrons. The molecule has 1 aromatic carbocycles. The largest absolute Gasteiger partial charge is 0.484 e. The van der Waals surface area contributed by atoms with Crippen molar-refractivity contribution in [2.24, 2.45) is 5.92 Å². The summed E-state index contributed by atoms with van der Waals surface area (Å²) in [6.07, 6.45) is -0.0966. The Hall–Kier alpha value is -0.940.